The van der Waals surface area contributed by atoms with Crippen LogP contribution in [0.1, 0.15) is 43.0 Å². The molecule has 0 saturated carbocycles. The van der Waals surface area contributed by atoms with Crippen LogP contribution in [0.3, 0.4) is 0 Å². The van der Waals surface area contributed by atoms with Crippen LogP contribution in [0.25, 0.3) is 16.0 Å². The van der Waals surface area contributed by atoms with Gasteiger partial charge in [-0.3, -0.25) is 14.5 Å². The van der Waals surface area contributed by atoms with Gasteiger partial charge in [0, 0.05) is 5.56 Å². The monoisotopic (exact) mass is 544 g/mol. The van der Waals surface area contributed by atoms with Gasteiger partial charge < -0.3 is 19.7 Å². The van der Waals surface area contributed by atoms with Crippen LogP contribution in [0.2, 0.25) is 0 Å². The molecule has 1 aliphatic rings. The van der Waals surface area contributed by atoms with Crippen molar-refractivity contribution in [1.82, 2.24) is 4.98 Å². The maximum Gasteiger partial charge on any atom is 0.301 e. The fraction of sp³-hybridized carbons (Fsp3) is 0.233. The zero-order valence-electron chi connectivity index (χ0n) is 21.8. The van der Waals surface area contributed by atoms with Crippen LogP contribution in [0, 0.1) is 6.92 Å². The molecule has 1 unspecified atom stereocenters. The molecular weight excluding hydrogens is 516 g/mol. The summed E-state index contributed by atoms with van der Waals surface area (Å²) in [6, 6.07) is 16.2. The molecule has 1 fully saturated rings. The Morgan fingerprint density at radius 1 is 1.05 bits per heavy atom. The van der Waals surface area contributed by atoms with Crippen LogP contribution in [-0.4, -0.2) is 40.1 Å². The van der Waals surface area contributed by atoms with Crippen LogP contribution in [0.4, 0.5) is 5.13 Å². The minimum Gasteiger partial charge on any atom is -0.507 e. The van der Waals surface area contributed by atoms with Crippen molar-refractivity contribution in [2.45, 2.75) is 33.2 Å². The first-order valence-electron chi connectivity index (χ1n) is 12.7. The Hall–Kier alpha value is -4.37. The first-order valence-corrected chi connectivity index (χ1v) is 13.5. The quantitative estimate of drug-likeness (QED) is 0.156. The van der Waals surface area contributed by atoms with E-state index in [1.54, 1.807) is 43.3 Å². The number of nitrogens with zero attached hydrogens (tertiary/aromatic N) is 2. The van der Waals surface area contributed by atoms with Gasteiger partial charge in [0.15, 0.2) is 16.6 Å². The standard InChI is InChI=1S/C30H28N2O6S/c1-4-13-38-20-8-6-7-19(15-20)27(34)25-26(18-10-12-22(33)23(16-18)37-5-2)32(29(36)28(25)35)30-31-21-11-9-17(3)14-24(21)39-30/h6-12,14-16,26,33-34H,4-5,13H2,1-3H3. The highest BCUT2D eigenvalue weighted by molar-refractivity contribution is 7.22. The molecule has 0 bridgehead atoms. The maximum absolute atomic E-state index is 13.6. The molecule has 39 heavy (non-hydrogen) atoms. The number of ketones is 1. The topological polar surface area (TPSA) is 109 Å². The van der Waals surface area contributed by atoms with Crippen molar-refractivity contribution in [2.24, 2.45) is 0 Å². The van der Waals surface area contributed by atoms with E-state index in [1.807, 2.05) is 32.0 Å². The van der Waals surface area contributed by atoms with E-state index in [1.165, 1.54) is 22.3 Å². The number of phenols is 1. The number of hydrogen-bond donors (Lipinski definition) is 2. The zero-order chi connectivity index (χ0) is 27.7. The predicted molar refractivity (Wildman–Crippen MR) is 151 cm³/mol. The third-order valence-corrected chi connectivity index (χ3v) is 7.38. The van der Waals surface area contributed by atoms with Gasteiger partial charge >= 0.3 is 5.91 Å². The van der Waals surface area contributed by atoms with E-state index in [0.29, 0.717) is 40.7 Å². The SMILES string of the molecule is CCCOc1cccc(C(O)=C2C(=O)C(=O)N(c3nc4ccc(C)cc4s3)C2c2ccc(O)c(OCC)c2)c1. The molecule has 0 aliphatic carbocycles. The van der Waals surface area contributed by atoms with Gasteiger partial charge in [-0.05, 0) is 67.8 Å². The number of aryl methyl sites for hydroxylation is 1. The van der Waals surface area contributed by atoms with Gasteiger partial charge in [0.1, 0.15) is 11.5 Å². The Morgan fingerprint density at radius 2 is 1.87 bits per heavy atom. The molecule has 2 N–H and O–H groups in total. The van der Waals surface area contributed by atoms with E-state index < -0.39 is 17.7 Å². The summed E-state index contributed by atoms with van der Waals surface area (Å²) in [5.74, 6) is -1.30. The molecule has 8 nitrogen and oxygen atoms in total. The number of Topliss-reactive ketones (excluding diaryl/α,β-unsaturated/α-hetero) is 1. The Balaban J connectivity index is 1.70. The van der Waals surface area contributed by atoms with E-state index >= 15 is 0 Å². The van der Waals surface area contributed by atoms with Crippen LogP contribution >= 0.6 is 11.3 Å². The van der Waals surface area contributed by atoms with E-state index in [4.69, 9.17) is 9.47 Å². The summed E-state index contributed by atoms with van der Waals surface area (Å²) in [4.78, 5) is 33.1. The summed E-state index contributed by atoms with van der Waals surface area (Å²) in [5, 5.41) is 22.1. The van der Waals surface area contributed by atoms with Gasteiger partial charge in [0.2, 0.25) is 0 Å². The van der Waals surface area contributed by atoms with Crippen LogP contribution in [0.5, 0.6) is 17.2 Å². The molecule has 5 rings (SSSR count). The molecule has 1 amide bonds. The summed E-state index contributed by atoms with van der Waals surface area (Å²) in [6.45, 7) is 6.55. The second-order valence-electron chi connectivity index (χ2n) is 9.17. The smallest absolute Gasteiger partial charge is 0.301 e. The number of benzene rings is 3. The Morgan fingerprint density at radius 3 is 2.64 bits per heavy atom. The summed E-state index contributed by atoms with van der Waals surface area (Å²) >= 11 is 1.29. The van der Waals surface area contributed by atoms with Gasteiger partial charge in [0.05, 0.1) is 35.0 Å². The zero-order valence-corrected chi connectivity index (χ0v) is 22.6. The van der Waals surface area contributed by atoms with E-state index in [-0.39, 0.29) is 22.8 Å². The fourth-order valence-corrected chi connectivity index (χ4v) is 5.64. The number of carbonyl (C=O) groups excluding carboxylic acids is 2. The molecule has 4 aromatic rings. The number of hydrogen-bond acceptors (Lipinski definition) is 8. The highest BCUT2D eigenvalue weighted by Gasteiger charge is 2.48. The summed E-state index contributed by atoms with van der Waals surface area (Å²) in [7, 11) is 0. The lowest BCUT2D eigenvalue weighted by molar-refractivity contribution is -0.132. The largest absolute Gasteiger partial charge is 0.507 e. The average molecular weight is 545 g/mol. The molecular formula is C30H28N2O6S. The van der Waals surface area contributed by atoms with Crippen molar-refractivity contribution in [2.75, 3.05) is 18.1 Å². The summed E-state index contributed by atoms with van der Waals surface area (Å²) < 4.78 is 12.2. The lowest BCUT2D eigenvalue weighted by Gasteiger charge is -2.23. The number of amides is 1. The van der Waals surface area contributed by atoms with Gasteiger partial charge in [-0.15, -0.1) is 0 Å². The van der Waals surface area contributed by atoms with Crippen molar-refractivity contribution < 1.29 is 29.3 Å². The fourth-order valence-electron chi connectivity index (χ4n) is 4.55. The van der Waals surface area contributed by atoms with Crippen molar-refractivity contribution in [1.29, 1.82) is 0 Å². The van der Waals surface area contributed by atoms with E-state index in [2.05, 4.69) is 4.98 Å². The number of carbonyl (C=O) groups is 2. The van der Waals surface area contributed by atoms with E-state index in [9.17, 15) is 19.8 Å². The molecule has 200 valence electrons. The van der Waals surface area contributed by atoms with Crippen molar-refractivity contribution >= 4 is 44.1 Å². The van der Waals surface area contributed by atoms with Crippen LogP contribution in [0.15, 0.2) is 66.2 Å². The minimum absolute atomic E-state index is 0.0752. The summed E-state index contributed by atoms with van der Waals surface area (Å²) in [5.41, 5.74) is 2.47. The highest BCUT2D eigenvalue weighted by atomic mass is 32.1. The number of aromatic nitrogens is 1. The Kier molecular flexibility index (Phi) is 7.26. The normalized spacial score (nSPS) is 16.7. The molecule has 2 heterocycles. The number of aromatic hydroxyl groups is 1. The third kappa shape index (κ3) is 4.93. The first-order chi connectivity index (χ1) is 18.8. The number of thiazole rings is 1. The van der Waals surface area contributed by atoms with Crippen LogP contribution in [-0.2, 0) is 9.59 Å². The molecule has 0 radical (unpaired) electrons. The second-order valence-corrected chi connectivity index (χ2v) is 10.2. The summed E-state index contributed by atoms with van der Waals surface area (Å²) in [6.07, 6.45) is 0.812. The van der Waals surface area contributed by atoms with Crippen molar-refractivity contribution in [3.63, 3.8) is 0 Å². The lowest BCUT2D eigenvalue weighted by atomic mass is 9.95. The Bertz CT molecular complexity index is 1610. The van der Waals surface area contributed by atoms with E-state index in [0.717, 1.165) is 16.7 Å². The highest BCUT2D eigenvalue weighted by Crippen LogP contribution is 2.46. The first kappa shape index (κ1) is 26.2. The number of aliphatic hydroxyl groups excluding tert-OH is 1. The lowest BCUT2D eigenvalue weighted by Crippen LogP contribution is -2.29. The predicted octanol–water partition coefficient (Wildman–Crippen LogP) is 6.12. The van der Waals surface area contributed by atoms with Gasteiger partial charge in [-0.1, -0.05) is 42.5 Å². The molecule has 1 aliphatic heterocycles. The number of aliphatic hydroxyl groups is 1. The van der Waals surface area contributed by atoms with Gasteiger partial charge in [-0.2, -0.15) is 0 Å². The van der Waals surface area contributed by atoms with Crippen molar-refractivity contribution in [3.05, 3.63) is 82.9 Å². The molecule has 0 spiro atoms. The number of fused-ring (bicyclic) bond motifs is 1. The molecule has 1 aromatic heterocycles. The number of rotatable bonds is 8. The third-order valence-electron chi connectivity index (χ3n) is 6.36. The molecule has 1 saturated heterocycles. The van der Waals surface area contributed by atoms with Gasteiger partial charge in [0.25, 0.3) is 5.78 Å². The van der Waals surface area contributed by atoms with Gasteiger partial charge in [-0.25, -0.2) is 4.98 Å². The van der Waals surface area contributed by atoms with Crippen molar-refractivity contribution in [3.8, 4) is 17.2 Å². The second kappa shape index (κ2) is 10.8. The molecule has 3 aromatic carbocycles. The number of ether oxygens (including phenoxy) is 2. The average Bonchev–Trinajstić information content (AvgIpc) is 3.46. The molecule has 9 heteroatoms. The van der Waals surface area contributed by atoms with Crippen LogP contribution < -0.4 is 14.4 Å². The number of phenolic OH excluding ortho intramolecular Hbond substituents is 1. The number of anilines is 1. The Labute approximate surface area is 229 Å². The maximum atomic E-state index is 13.6. The molecule has 1 atom stereocenters. The minimum atomic E-state index is -1.01.